The van der Waals surface area contributed by atoms with Crippen LogP contribution in [0.1, 0.15) is 30.6 Å². The number of aliphatic carboxylic acids is 1. The number of hydrogen-bond donors (Lipinski definition) is 2. The number of carbonyl (C=O) groups excluding carboxylic acids is 2. The van der Waals surface area contributed by atoms with Crippen LogP contribution in [0.25, 0.3) is 17.2 Å². The first-order valence-electron chi connectivity index (χ1n) is 10.5. The Balaban J connectivity index is 1.34. The number of carboxylic acid groups (broad SMARTS) is 1. The molecule has 1 aliphatic carbocycles. The van der Waals surface area contributed by atoms with E-state index in [1.165, 1.54) is 22.3 Å². The predicted octanol–water partition coefficient (Wildman–Crippen LogP) is 4.65. The molecular weight excluding hydrogens is 502 g/mol. The lowest BCUT2D eigenvalue weighted by Gasteiger charge is -2.16. The van der Waals surface area contributed by atoms with Gasteiger partial charge in [-0.1, -0.05) is 30.0 Å². The molecule has 2 amide bonds. The normalized spacial score (nSPS) is 21.5. The van der Waals surface area contributed by atoms with Crippen LogP contribution in [0.3, 0.4) is 0 Å². The Morgan fingerprint density at radius 3 is 2.71 bits per heavy atom. The average molecular weight is 523 g/mol. The van der Waals surface area contributed by atoms with Crippen LogP contribution in [0.2, 0.25) is 0 Å². The highest BCUT2D eigenvalue weighted by Gasteiger charge is 2.33. The van der Waals surface area contributed by atoms with Gasteiger partial charge in [-0.3, -0.25) is 19.3 Å². The molecule has 1 saturated carbocycles. The zero-order chi connectivity index (χ0) is 24.4. The van der Waals surface area contributed by atoms with Crippen molar-refractivity contribution >= 4 is 63.5 Å². The summed E-state index contributed by atoms with van der Waals surface area (Å²) in [4.78, 5) is 38.7. The number of amides is 2. The highest BCUT2D eigenvalue weighted by Crippen LogP contribution is 2.35. The molecule has 2 aromatic rings. The summed E-state index contributed by atoms with van der Waals surface area (Å²) in [5.41, 5.74) is 1.24. The van der Waals surface area contributed by atoms with Gasteiger partial charge in [0.2, 0.25) is 5.91 Å². The molecule has 1 aliphatic heterocycles. The number of benzene rings is 1. The van der Waals surface area contributed by atoms with Gasteiger partial charge in [0.25, 0.3) is 5.91 Å². The van der Waals surface area contributed by atoms with Crippen molar-refractivity contribution in [1.29, 1.82) is 0 Å². The molecule has 6 nitrogen and oxygen atoms in total. The van der Waals surface area contributed by atoms with Crippen molar-refractivity contribution in [3.05, 3.63) is 51.1 Å². The van der Waals surface area contributed by atoms with E-state index in [4.69, 9.17) is 17.3 Å². The van der Waals surface area contributed by atoms with E-state index in [1.54, 1.807) is 17.5 Å². The van der Waals surface area contributed by atoms with Gasteiger partial charge in [0, 0.05) is 23.9 Å². The molecule has 1 unspecified atom stereocenters. The number of thiocarbonyl (C=S) groups is 1. The minimum atomic E-state index is -0.926. The predicted molar refractivity (Wildman–Crippen MR) is 131 cm³/mol. The molecule has 4 rings (SSSR count). The molecule has 34 heavy (non-hydrogen) atoms. The molecular formula is C23H20F2N2O4S3. The minimum absolute atomic E-state index is 0.0627. The number of thiophene rings is 1. The van der Waals surface area contributed by atoms with Gasteiger partial charge >= 0.3 is 5.97 Å². The highest BCUT2D eigenvalue weighted by molar-refractivity contribution is 8.26. The third-order valence-electron chi connectivity index (χ3n) is 5.73. The van der Waals surface area contributed by atoms with E-state index >= 15 is 0 Å². The van der Waals surface area contributed by atoms with Crippen LogP contribution in [0, 0.1) is 17.6 Å². The molecule has 1 saturated heterocycles. The Hall–Kier alpha value is -2.63. The number of halogens is 2. The van der Waals surface area contributed by atoms with Crippen molar-refractivity contribution in [2.24, 2.45) is 5.92 Å². The number of carbonyl (C=O) groups is 3. The summed E-state index contributed by atoms with van der Waals surface area (Å²) in [7, 11) is 0. The fraction of sp³-hybridized carbons (Fsp3) is 0.304. The van der Waals surface area contributed by atoms with E-state index in [0.29, 0.717) is 39.6 Å². The molecule has 1 aromatic heterocycles. The Morgan fingerprint density at radius 2 is 2.00 bits per heavy atom. The SMILES string of the molecule is O=C(CCN1C(=O)/C(=C/c2cc(-c3ccc(F)c(F)c3)cs2)SC1=S)NC1CC[C@H](C(=O)O)C1. The maximum Gasteiger partial charge on any atom is 0.306 e. The van der Waals surface area contributed by atoms with Crippen LogP contribution in [0.15, 0.2) is 34.6 Å². The molecule has 2 aliphatic rings. The molecule has 0 spiro atoms. The summed E-state index contributed by atoms with van der Waals surface area (Å²) >= 11 is 7.82. The summed E-state index contributed by atoms with van der Waals surface area (Å²) in [6.07, 6.45) is 3.34. The van der Waals surface area contributed by atoms with Crippen LogP contribution in [-0.4, -0.2) is 44.7 Å². The Bertz CT molecular complexity index is 1200. The van der Waals surface area contributed by atoms with Crippen LogP contribution >= 0.6 is 35.3 Å². The van der Waals surface area contributed by atoms with Crippen molar-refractivity contribution in [1.82, 2.24) is 10.2 Å². The Morgan fingerprint density at radius 1 is 1.21 bits per heavy atom. The maximum atomic E-state index is 13.5. The quantitative estimate of drug-likeness (QED) is 0.407. The summed E-state index contributed by atoms with van der Waals surface area (Å²) < 4.78 is 27.1. The number of nitrogens with one attached hydrogen (secondary N) is 1. The summed E-state index contributed by atoms with van der Waals surface area (Å²) in [6.45, 7) is 0.132. The zero-order valence-corrected chi connectivity index (χ0v) is 20.2. The van der Waals surface area contributed by atoms with Crippen molar-refractivity contribution in [2.75, 3.05) is 6.54 Å². The summed E-state index contributed by atoms with van der Waals surface area (Å²) in [5, 5.41) is 13.7. The van der Waals surface area contributed by atoms with Gasteiger partial charge in [-0.15, -0.1) is 11.3 Å². The monoisotopic (exact) mass is 522 g/mol. The largest absolute Gasteiger partial charge is 0.481 e. The van der Waals surface area contributed by atoms with Gasteiger partial charge < -0.3 is 10.4 Å². The van der Waals surface area contributed by atoms with Crippen molar-refractivity contribution in [3.8, 4) is 11.1 Å². The first-order valence-corrected chi connectivity index (χ1v) is 12.6. The summed E-state index contributed by atoms with van der Waals surface area (Å²) in [6, 6.07) is 5.30. The Kier molecular flexibility index (Phi) is 7.44. The lowest BCUT2D eigenvalue weighted by Crippen LogP contribution is -2.37. The topological polar surface area (TPSA) is 86.7 Å². The van der Waals surface area contributed by atoms with Crippen molar-refractivity contribution < 1.29 is 28.3 Å². The highest BCUT2D eigenvalue weighted by atomic mass is 32.2. The second-order valence-electron chi connectivity index (χ2n) is 8.06. The van der Waals surface area contributed by atoms with Crippen LogP contribution in [0.5, 0.6) is 0 Å². The second-order valence-corrected chi connectivity index (χ2v) is 10.7. The molecule has 2 fully saturated rings. The van der Waals surface area contributed by atoms with Gasteiger partial charge in [0.15, 0.2) is 11.6 Å². The molecule has 178 valence electrons. The molecule has 0 radical (unpaired) electrons. The van der Waals surface area contributed by atoms with Gasteiger partial charge in [0.1, 0.15) is 4.32 Å². The van der Waals surface area contributed by atoms with E-state index in [0.717, 1.165) is 28.8 Å². The van der Waals surface area contributed by atoms with Gasteiger partial charge in [-0.05, 0) is 60.0 Å². The third kappa shape index (κ3) is 5.53. The maximum absolute atomic E-state index is 13.5. The molecule has 2 atom stereocenters. The number of nitrogens with zero attached hydrogens (tertiary/aromatic N) is 1. The first kappa shape index (κ1) is 24.5. The van der Waals surface area contributed by atoms with E-state index < -0.39 is 23.5 Å². The lowest BCUT2D eigenvalue weighted by molar-refractivity contribution is -0.141. The molecule has 0 bridgehead atoms. The van der Waals surface area contributed by atoms with E-state index in [-0.39, 0.29) is 30.8 Å². The zero-order valence-electron chi connectivity index (χ0n) is 17.8. The first-order chi connectivity index (χ1) is 16.2. The third-order valence-corrected chi connectivity index (χ3v) is 7.99. The second kappa shape index (κ2) is 10.3. The fourth-order valence-corrected chi connectivity index (χ4v) is 6.15. The number of hydrogen-bond acceptors (Lipinski definition) is 6. The molecule has 1 aromatic carbocycles. The van der Waals surface area contributed by atoms with Crippen molar-refractivity contribution in [3.63, 3.8) is 0 Å². The molecule has 11 heteroatoms. The number of carboxylic acids is 1. The smallest absolute Gasteiger partial charge is 0.306 e. The van der Waals surface area contributed by atoms with Crippen LogP contribution in [0.4, 0.5) is 8.78 Å². The van der Waals surface area contributed by atoms with Crippen LogP contribution < -0.4 is 5.32 Å². The number of rotatable bonds is 7. The minimum Gasteiger partial charge on any atom is -0.481 e. The molecule has 2 heterocycles. The Labute approximate surface area is 208 Å². The van der Waals surface area contributed by atoms with Crippen LogP contribution in [-0.2, 0) is 14.4 Å². The van der Waals surface area contributed by atoms with E-state index in [9.17, 15) is 23.2 Å². The number of thioether (sulfide) groups is 1. The van der Waals surface area contributed by atoms with E-state index in [2.05, 4.69) is 5.32 Å². The lowest BCUT2D eigenvalue weighted by atomic mass is 10.1. The van der Waals surface area contributed by atoms with Crippen molar-refractivity contribution in [2.45, 2.75) is 31.7 Å². The fourth-order valence-electron chi connectivity index (χ4n) is 3.93. The molecule has 2 N–H and O–H groups in total. The van der Waals surface area contributed by atoms with Gasteiger partial charge in [-0.2, -0.15) is 0 Å². The van der Waals surface area contributed by atoms with E-state index in [1.807, 2.05) is 0 Å². The van der Waals surface area contributed by atoms with Gasteiger partial charge in [-0.25, -0.2) is 8.78 Å². The average Bonchev–Trinajstić information content (AvgIpc) is 3.50. The standard InChI is InChI=1S/C23H20F2N2O4S3/c24-17-4-2-12(9-18(17)25)14-8-16(33-11-14)10-19-21(29)27(23(32)34-19)6-5-20(28)26-15-3-1-13(7-15)22(30)31/h2,4,8-11,13,15H,1,3,5-7H2,(H,26,28)(H,30,31)/b19-10-/t13-,15?/m0/s1. The summed E-state index contributed by atoms with van der Waals surface area (Å²) in [5.74, 6) is -3.65. The van der Waals surface area contributed by atoms with Gasteiger partial charge in [0.05, 0.1) is 10.8 Å².